The van der Waals surface area contributed by atoms with E-state index >= 15 is 0 Å². The Morgan fingerprint density at radius 3 is 2.61 bits per heavy atom. The molecule has 5 nitrogen and oxygen atoms in total. The molecular formula is C18H19N5. The first-order valence-electron chi connectivity index (χ1n) is 7.88. The van der Waals surface area contributed by atoms with Gasteiger partial charge in [-0.05, 0) is 41.8 Å². The molecular weight excluding hydrogens is 286 g/mol. The van der Waals surface area contributed by atoms with Gasteiger partial charge < -0.3 is 5.32 Å². The number of rotatable bonds is 2. The maximum Gasteiger partial charge on any atom is 0.243 e. The average molecular weight is 305 g/mol. The van der Waals surface area contributed by atoms with Crippen LogP contribution in [0.1, 0.15) is 40.8 Å². The van der Waals surface area contributed by atoms with Gasteiger partial charge in [0, 0.05) is 0 Å². The van der Waals surface area contributed by atoms with Crippen LogP contribution in [0, 0.1) is 13.8 Å². The first-order valence-corrected chi connectivity index (χ1v) is 7.88. The van der Waals surface area contributed by atoms with Gasteiger partial charge in [0.25, 0.3) is 0 Å². The molecule has 0 saturated heterocycles. The van der Waals surface area contributed by atoms with E-state index in [9.17, 15) is 0 Å². The number of fused-ring (bicyclic) bond motifs is 1. The van der Waals surface area contributed by atoms with Gasteiger partial charge in [-0.15, -0.1) is 0 Å². The number of hydrogen-bond acceptors (Lipinski definition) is 4. The normalized spacial score (nSPS) is 19.9. The summed E-state index contributed by atoms with van der Waals surface area (Å²) in [5.41, 5.74) is 5.03. The monoisotopic (exact) mass is 305 g/mol. The van der Waals surface area contributed by atoms with Gasteiger partial charge in [-0.25, -0.2) is 4.68 Å². The Labute approximate surface area is 135 Å². The van der Waals surface area contributed by atoms with E-state index in [2.05, 4.69) is 83.2 Å². The largest absolute Gasteiger partial charge is 0.346 e. The highest BCUT2D eigenvalue weighted by atomic mass is 15.6. The lowest BCUT2D eigenvalue weighted by atomic mass is 9.92. The van der Waals surface area contributed by atoms with Crippen LogP contribution in [0.4, 0.5) is 5.95 Å². The molecule has 1 aliphatic heterocycles. The van der Waals surface area contributed by atoms with Crippen molar-refractivity contribution >= 4 is 5.95 Å². The molecule has 2 heterocycles. The number of benzene rings is 2. The second kappa shape index (κ2) is 5.50. The summed E-state index contributed by atoms with van der Waals surface area (Å²) in [5, 5.41) is 15.6. The molecule has 0 radical (unpaired) electrons. The quantitative estimate of drug-likeness (QED) is 0.788. The van der Waals surface area contributed by atoms with Crippen LogP contribution in [0.2, 0.25) is 0 Å². The number of anilines is 1. The molecule has 2 unspecified atom stereocenters. The molecule has 0 spiro atoms. The standard InChI is InChI=1S/C18H19N5/c1-12-6-8-14(9-7-12)16-11-17(15-5-3-4-13(2)10-15)23-18(19-16)20-21-22-23/h3-10,16-17H,11H2,1-2H3,(H,19,20,22). The molecule has 2 atom stereocenters. The molecule has 5 heteroatoms. The number of nitrogens with zero attached hydrogens (tertiary/aromatic N) is 4. The molecule has 0 aliphatic carbocycles. The van der Waals surface area contributed by atoms with E-state index < -0.39 is 0 Å². The lowest BCUT2D eigenvalue weighted by Gasteiger charge is -2.31. The van der Waals surface area contributed by atoms with Gasteiger partial charge >= 0.3 is 0 Å². The Kier molecular flexibility index (Phi) is 3.33. The van der Waals surface area contributed by atoms with Gasteiger partial charge in [-0.1, -0.05) is 64.8 Å². The minimum Gasteiger partial charge on any atom is -0.346 e. The zero-order valence-corrected chi connectivity index (χ0v) is 13.3. The van der Waals surface area contributed by atoms with Crippen molar-refractivity contribution in [2.75, 3.05) is 5.32 Å². The van der Waals surface area contributed by atoms with E-state index in [1.165, 1.54) is 22.3 Å². The maximum absolute atomic E-state index is 4.18. The Hall–Kier alpha value is -2.69. The number of tetrazole rings is 1. The van der Waals surface area contributed by atoms with Gasteiger partial charge in [0.05, 0.1) is 12.1 Å². The van der Waals surface area contributed by atoms with Crippen LogP contribution < -0.4 is 5.32 Å². The third kappa shape index (κ3) is 2.59. The van der Waals surface area contributed by atoms with Crippen molar-refractivity contribution in [2.24, 2.45) is 0 Å². The van der Waals surface area contributed by atoms with Crippen molar-refractivity contribution in [2.45, 2.75) is 32.4 Å². The van der Waals surface area contributed by atoms with Crippen LogP contribution in [0.15, 0.2) is 48.5 Å². The highest BCUT2D eigenvalue weighted by Gasteiger charge is 2.30. The third-order valence-electron chi connectivity index (χ3n) is 4.46. The summed E-state index contributed by atoms with van der Waals surface area (Å²) in [6, 6.07) is 17.6. The Balaban J connectivity index is 1.73. The van der Waals surface area contributed by atoms with E-state index in [1.807, 2.05) is 4.68 Å². The lowest BCUT2D eigenvalue weighted by molar-refractivity contribution is 0.423. The van der Waals surface area contributed by atoms with Gasteiger partial charge in [-0.2, -0.15) is 0 Å². The average Bonchev–Trinajstić information content (AvgIpc) is 3.03. The summed E-state index contributed by atoms with van der Waals surface area (Å²) in [6.45, 7) is 4.22. The van der Waals surface area contributed by atoms with Gasteiger partial charge in [0.1, 0.15) is 0 Å². The smallest absolute Gasteiger partial charge is 0.243 e. The molecule has 23 heavy (non-hydrogen) atoms. The zero-order chi connectivity index (χ0) is 15.8. The zero-order valence-electron chi connectivity index (χ0n) is 13.3. The molecule has 0 amide bonds. The van der Waals surface area contributed by atoms with E-state index in [1.54, 1.807) is 0 Å². The van der Waals surface area contributed by atoms with Crippen LogP contribution in [-0.4, -0.2) is 20.2 Å². The van der Waals surface area contributed by atoms with E-state index in [0.717, 1.165) is 12.4 Å². The van der Waals surface area contributed by atoms with E-state index in [0.29, 0.717) is 0 Å². The summed E-state index contributed by atoms with van der Waals surface area (Å²) in [6.07, 6.45) is 0.921. The first kappa shape index (κ1) is 13.9. The van der Waals surface area contributed by atoms with Crippen molar-refractivity contribution in [3.8, 4) is 0 Å². The van der Waals surface area contributed by atoms with Gasteiger partial charge in [0.2, 0.25) is 5.95 Å². The van der Waals surface area contributed by atoms with Gasteiger partial charge in [0.15, 0.2) is 0 Å². The Morgan fingerprint density at radius 2 is 1.83 bits per heavy atom. The second-order valence-electron chi connectivity index (χ2n) is 6.22. The predicted molar refractivity (Wildman–Crippen MR) is 89.3 cm³/mol. The molecule has 4 rings (SSSR count). The fourth-order valence-corrected chi connectivity index (χ4v) is 3.21. The number of aromatic nitrogens is 4. The fourth-order valence-electron chi connectivity index (χ4n) is 3.21. The lowest BCUT2D eigenvalue weighted by Crippen LogP contribution is -2.28. The molecule has 2 aromatic carbocycles. The minimum absolute atomic E-state index is 0.146. The molecule has 0 bridgehead atoms. The van der Waals surface area contributed by atoms with Crippen molar-refractivity contribution in [1.29, 1.82) is 0 Å². The maximum atomic E-state index is 4.18. The van der Waals surface area contributed by atoms with Crippen LogP contribution in [-0.2, 0) is 0 Å². The Morgan fingerprint density at radius 1 is 1.00 bits per heavy atom. The van der Waals surface area contributed by atoms with Gasteiger partial charge in [-0.3, -0.25) is 0 Å². The van der Waals surface area contributed by atoms with Crippen LogP contribution in [0.25, 0.3) is 0 Å². The second-order valence-corrected chi connectivity index (χ2v) is 6.22. The molecule has 116 valence electrons. The number of aryl methyl sites for hydroxylation is 2. The highest BCUT2D eigenvalue weighted by Crippen LogP contribution is 2.37. The summed E-state index contributed by atoms with van der Waals surface area (Å²) < 4.78 is 1.89. The topological polar surface area (TPSA) is 55.6 Å². The third-order valence-corrected chi connectivity index (χ3v) is 4.46. The van der Waals surface area contributed by atoms with Crippen molar-refractivity contribution in [3.63, 3.8) is 0 Å². The van der Waals surface area contributed by atoms with Crippen LogP contribution in [0.3, 0.4) is 0 Å². The minimum atomic E-state index is 0.146. The van der Waals surface area contributed by atoms with E-state index in [4.69, 9.17) is 0 Å². The van der Waals surface area contributed by atoms with Crippen molar-refractivity contribution in [1.82, 2.24) is 20.2 Å². The molecule has 0 saturated carbocycles. The molecule has 1 aliphatic rings. The van der Waals surface area contributed by atoms with Crippen molar-refractivity contribution in [3.05, 3.63) is 70.8 Å². The number of nitrogens with one attached hydrogen (secondary N) is 1. The summed E-state index contributed by atoms with van der Waals surface area (Å²) in [7, 11) is 0. The van der Waals surface area contributed by atoms with Crippen molar-refractivity contribution < 1.29 is 0 Å². The first-order chi connectivity index (χ1) is 11.2. The molecule has 0 fully saturated rings. The summed E-state index contributed by atoms with van der Waals surface area (Å²) in [5.74, 6) is 0.730. The van der Waals surface area contributed by atoms with Crippen LogP contribution >= 0.6 is 0 Å². The summed E-state index contributed by atoms with van der Waals surface area (Å²) in [4.78, 5) is 0. The van der Waals surface area contributed by atoms with Crippen LogP contribution in [0.5, 0.6) is 0 Å². The Bertz CT molecular complexity index is 821. The summed E-state index contributed by atoms with van der Waals surface area (Å²) >= 11 is 0. The molecule has 3 aromatic rings. The molecule has 1 N–H and O–H groups in total. The van der Waals surface area contributed by atoms with E-state index in [-0.39, 0.29) is 12.1 Å². The fraction of sp³-hybridized carbons (Fsp3) is 0.278. The SMILES string of the molecule is Cc1ccc(C2CC(c3cccc(C)c3)n3nnnc3N2)cc1. The molecule has 1 aromatic heterocycles. The predicted octanol–water partition coefficient (Wildman–Crippen LogP) is 3.44. The number of hydrogen-bond donors (Lipinski definition) is 1. The highest BCUT2D eigenvalue weighted by molar-refractivity contribution is 5.38.